The van der Waals surface area contributed by atoms with Gasteiger partial charge < -0.3 is 14.9 Å². The standard InChI is InChI=1S/C19H18O6/c1-12(9-20)15-8-18(17(11-22)16(15)10-21)25-19(24)7-4-13-2-5-14(23)6-3-13/h2-7,9-10,15,18,22-23H,1,8,11H2/b7-4-/t15-,18+/m0/s1. The molecule has 0 aliphatic heterocycles. The summed E-state index contributed by atoms with van der Waals surface area (Å²) < 4.78 is 5.31. The second-order valence-electron chi connectivity index (χ2n) is 5.59. The molecule has 2 rings (SSSR count). The number of hydrogen-bond donors (Lipinski definition) is 2. The van der Waals surface area contributed by atoms with Crippen molar-refractivity contribution >= 4 is 24.6 Å². The van der Waals surface area contributed by atoms with E-state index < -0.39 is 24.6 Å². The SMILES string of the molecule is C=C(C=O)[C@@H]1C[C@@H](OC(=O)/C=C\c2ccc(O)cc2)C(CO)=C1C=O. The quantitative estimate of drug-likeness (QED) is 0.443. The first kappa shape index (κ1) is 18.4. The number of allylic oxidation sites excluding steroid dienone is 2. The summed E-state index contributed by atoms with van der Waals surface area (Å²) in [5, 5.41) is 18.7. The Balaban J connectivity index is 2.10. The largest absolute Gasteiger partial charge is 0.508 e. The number of aromatic hydroxyl groups is 1. The number of esters is 1. The molecule has 0 fully saturated rings. The van der Waals surface area contributed by atoms with Gasteiger partial charge in [-0.05, 0) is 35.8 Å². The summed E-state index contributed by atoms with van der Waals surface area (Å²) >= 11 is 0. The van der Waals surface area contributed by atoms with E-state index in [1.807, 2.05) is 0 Å². The van der Waals surface area contributed by atoms with E-state index in [-0.39, 0.29) is 28.9 Å². The second-order valence-corrected chi connectivity index (χ2v) is 5.59. The molecule has 0 amide bonds. The van der Waals surface area contributed by atoms with E-state index in [1.165, 1.54) is 24.3 Å². The van der Waals surface area contributed by atoms with Crippen LogP contribution in [0.5, 0.6) is 5.75 Å². The van der Waals surface area contributed by atoms with Gasteiger partial charge in [-0.25, -0.2) is 4.79 Å². The third kappa shape index (κ3) is 4.30. The van der Waals surface area contributed by atoms with Gasteiger partial charge in [0.05, 0.1) is 6.61 Å². The summed E-state index contributed by atoms with van der Waals surface area (Å²) in [7, 11) is 0. The Bertz CT molecular complexity index is 742. The lowest BCUT2D eigenvalue weighted by Crippen LogP contribution is -2.19. The molecular weight excluding hydrogens is 324 g/mol. The highest BCUT2D eigenvalue weighted by Gasteiger charge is 2.36. The number of benzene rings is 1. The average molecular weight is 342 g/mol. The van der Waals surface area contributed by atoms with Crippen molar-refractivity contribution in [3.8, 4) is 5.75 Å². The number of rotatable bonds is 7. The first-order chi connectivity index (χ1) is 12.0. The zero-order valence-electron chi connectivity index (χ0n) is 13.4. The maximum absolute atomic E-state index is 12.0. The van der Waals surface area contributed by atoms with Crippen LogP contribution in [0.25, 0.3) is 6.08 Å². The number of aldehydes is 2. The Morgan fingerprint density at radius 1 is 1.28 bits per heavy atom. The topological polar surface area (TPSA) is 101 Å². The summed E-state index contributed by atoms with van der Waals surface area (Å²) in [6.07, 6.45) is 3.25. The number of aliphatic hydroxyl groups excluding tert-OH is 1. The van der Waals surface area contributed by atoms with Crippen molar-refractivity contribution < 1.29 is 29.3 Å². The monoisotopic (exact) mass is 342 g/mol. The van der Waals surface area contributed by atoms with E-state index in [0.29, 0.717) is 18.1 Å². The molecule has 0 radical (unpaired) electrons. The molecule has 6 heteroatoms. The average Bonchev–Trinajstić information content (AvgIpc) is 2.97. The summed E-state index contributed by atoms with van der Waals surface area (Å²) in [5.41, 5.74) is 1.42. The molecule has 0 bridgehead atoms. The fraction of sp³-hybridized carbons (Fsp3) is 0.211. The van der Waals surface area contributed by atoms with E-state index in [9.17, 15) is 24.6 Å². The van der Waals surface area contributed by atoms with E-state index in [4.69, 9.17) is 4.74 Å². The van der Waals surface area contributed by atoms with Gasteiger partial charge in [0.25, 0.3) is 0 Å². The van der Waals surface area contributed by atoms with Crippen LogP contribution in [0.15, 0.2) is 53.6 Å². The smallest absolute Gasteiger partial charge is 0.331 e. The maximum atomic E-state index is 12.0. The molecule has 130 valence electrons. The van der Waals surface area contributed by atoms with Crippen LogP contribution in [-0.4, -0.2) is 41.5 Å². The van der Waals surface area contributed by atoms with E-state index in [0.717, 1.165) is 0 Å². The third-order valence-corrected chi connectivity index (χ3v) is 4.04. The zero-order chi connectivity index (χ0) is 18.4. The van der Waals surface area contributed by atoms with Crippen LogP contribution in [0.4, 0.5) is 0 Å². The van der Waals surface area contributed by atoms with Crippen molar-refractivity contribution in [1.82, 2.24) is 0 Å². The van der Waals surface area contributed by atoms with Crippen molar-refractivity contribution in [2.45, 2.75) is 12.5 Å². The normalized spacial score (nSPS) is 19.9. The lowest BCUT2D eigenvalue weighted by atomic mass is 9.94. The van der Waals surface area contributed by atoms with Crippen molar-refractivity contribution in [1.29, 1.82) is 0 Å². The predicted molar refractivity (Wildman–Crippen MR) is 90.5 cm³/mol. The Morgan fingerprint density at radius 2 is 1.96 bits per heavy atom. The molecule has 1 aliphatic rings. The lowest BCUT2D eigenvalue weighted by Gasteiger charge is -2.14. The molecular formula is C19H18O6. The van der Waals surface area contributed by atoms with Crippen molar-refractivity contribution in [2.75, 3.05) is 6.61 Å². The molecule has 1 aromatic carbocycles. The van der Waals surface area contributed by atoms with E-state index in [1.54, 1.807) is 12.1 Å². The highest BCUT2D eigenvalue weighted by Crippen LogP contribution is 2.36. The van der Waals surface area contributed by atoms with E-state index >= 15 is 0 Å². The van der Waals surface area contributed by atoms with Gasteiger partial charge in [0.2, 0.25) is 0 Å². The minimum absolute atomic E-state index is 0.117. The van der Waals surface area contributed by atoms with Gasteiger partial charge in [-0.3, -0.25) is 9.59 Å². The number of phenols is 1. The fourth-order valence-corrected chi connectivity index (χ4v) is 2.73. The number of phenolic OH excluding ortho intramolecular Hbond substituents is 1. The van der Waals surface area contributed by atoms with Gasteiger partial charge in [-0.15, -0.1) is 0 Å². The zero-order valence-corrected chi connectivity index (χ0v) is 13.4. The molecule has 0 saturated heterocycles. The minimum atomic E-state index is -0.788. The number of carbonyl (C=O) groups excluding carboxylic acids is 3. The van der Waals surface area contributed by atoms with Gasteiger partial charge in [0, 0.05) is 23.1 Å². The lowest BCUT2D eigenvalue weighted by molar-refractivity contribution is -0.141. The van der Waals surface area contributed by atoms with Gasteiger partial charge >= 0.3 is 5.97 Å². The molecule has 0 heterocycles. The first-order valence-electron chi connectivity index (χ1n) is 7.60. The van der Waals surface area contributed by atoms with Crippen molar-refractivity contribution in [2.24, 2.45) is 5.92 Å². The molecule has 0 aromatic heterocycles. The highest BCUT2D eigenvalue weighted by atomic mass is 16.5. The Labute approximate surface area is 144 Å². The summed E-state index contributed by atoms with van der Waals surface area (Å²) in [6.45, 7) is 3.15. The number of aliphatic hydroxyl groups is 1. The molecule has 0 saturated carbocycles. The van der Waals surface area contributed by atoms with Gasteiger partial charge in [0.15, 0.2) is 0 Å². The van der Waals surface area contributed by atoms with Crippen molar-refractivity contribution in [3.05, 3.63) is 59.2 Å². The molecule has 0 unspecified atom stereocenters. The minimum Gasteiger partial charge on any atom is -0.508 e. The first-order valence-corrected chi connectivity index (χ1v) is 7.60. The molecule has 6 nitrogen and oxygen atoms in total. The summed E-state index contributed by atoms with van der Waals surface area (Å²) in [5.74, 6) is -1.09. The number of hydrogen-bond acceptors (Lipinski definition) is 6. The van der Waals surface area contributed by atoms with Crippen molar-refractivity contribution in [3.63, 3.8) is 0 Å². The third-order valence-electron chi connectivity index (χ3n) is 4.04. The number of ether oxygens (including phenoxy) is 1. The second kappa shape index (κ2) is 8.21. The Hall–Kier alpha value is -2.99. The van der Waals surface area contributed by atoms with Crippen LogP contribution in [0.2, 0.25) is 0 Å². The predicted octanol–water partition coefficient (Wildman–Crippen LogP) is 1.58. The summed E-state index contributed by atoms with van der Waals surface area (Å²) in [6, 6.07) is 6.23. The van der Waals surface area contributed by atoms with Gasteiger partial charge in [-0.2, -0.15) is 0 Å². The molecule has 25 heavy (non-hydrogen) atoms. The summed E-state index contributed by atoms with van der Waals surface area (Å²) in [4.78, 5) is 34.2. The Kier molecular flexibility index (Phi) is 6.03. The number of carbonyl (C=O) groups is 3. The molecule has 0 spiro atoms. The highest BCUT2D eigenvalue weighted by molar-refractivity contribution is 5.88. The molecule has 1 aromatic rings. The van der Waals surface area contributed by atoms with Crippen LogP contribution >= 0.6 is 0 Å². The van der Waals surface area contributed by atoms with E-state index in [2.05, 4.69) is 6.58 Å². The molecule has 2 N–H and O–H groups in total. The fourth-order valence-electron chi connectivity index (χ4n) is 2.73. The Morgan fingerprint density at radius 3 is 2.52 bits per heavy atom. The van der Waals surface area contributed by atoms with Gasteiger partial charge in [-0.1, -0.05) is 18.7 Å². The molecule has 1 aliphatic carbocycles. The van der Waals surface area contributed by atoms with Crippen LogP contribution in [-0.2, 0) is 19.1 Å². The van der Waals surface area contributed by atoms with Crippen LogP contribution < -0.4 is 0 Å². The van der Waals surface area contributed by atoms with Crippen LogP contribution in [0.3, 0.4) is 0 Å². The maximum Gasteiger partial charge on any atom is 0.331 e. The molecule has 2 atom stereocenters. The van der Waals surface area contributed by atoms with Gasteiger partial charge in [0.1, 0.15) is 24.4 Å². The van der Waals surface area contributed by atoms with Crippen LogP contribution in [0.1, 0.15) is 12.0 Å². The van der Waals surface area contributed by atoms with Crippen LogP contribution in [0, 0.1) is 5.92 Å².